The molecule has 9 heteroatoms. The molecule has 1 aromatic heterocycles. The molecule has 3 heterocycles. The molecule has 0 atom stereocenters. The third-order valence-corrected chi connectivity index (χ3v) is 7.79. The predicted molar refractivity (Wildman–Crippen MR) is 166 cm³/mol. The highest BCUT2D eigenvalue weighted by molar-refractivity contribution is 6.06. The van der Waals surface area contributed by atoms with Gasteiger partial charge >= 0.3 is 0 Å². The number of anilines is 2. The maximum absolute atomic E-state index is 13.4. The van der Waals surface area contributed by atoms with Crippen LogP contribution in [0, 0.1) is 0 Å². The fraction of sp³-hybridized carbons (Fsp3) is 0.265. The van der Waals surface area contributed by atoms with Crippen LogP contribution in [0.3, 0.4) is 0 Å². The fourth-order valence-electron chi connectivity index (χ4n) is 5.56. The topological polar surface area (TPSA) is 110 Å². The van der Waals surface area contributed by atoms with Crippen molar-refractivity contribution in [3.8, 4) is 22.6 Å². The summed E-state index contributed by atoms with van der Waals surface area (Å²) in [6.45, 7) is 3.55. The van der Waals surface area contributed by atoms with Crippen LogP contribution < -0.4 is 25.4 Å². The molecule has 9 nitrogen and oxygen atoms in total. The number of rotatable bonds is 10. The van der Waals surface area contributed by atoms with Gasteiger partial charge in [0.2, 0.25) is 6.79 Å². The average molecular weight is 578 g/mol. The highest BCUT2D eigenvalue weighted by atomic mass is 16.7. The Hall–Kier alpha value is -4.89. The zero-order valence-electron chi connectivity index (χ0n) is 24.0. The molecule has 1 fully saturated rings. The van der Waals surface area contributed by atoms with Crippen LogP contribution in [0.4, 0.5) is 11.4 Å². The number of carbonyl (C=O) groups excluding carboxylic acids is 2. The van der Waals surface area contributed by atoms with E-state index in [4.69, 9.17) is 15.2 Å². The van der Waals surface area contributed by atoms with Crippen molar-refractivity contribution in [3.05, 3.63) is 102 Å². The number of hydrogen-bond donors (Lipinski definition) is 2. The van der Waals surface area contributed by atoms with Gasteiger partial charge in [-0.1, -0.05) is 24.3 Å². The summed E-state index contributed by atoms with van der Waals surface area (Å²) in [7, 11) is 0. The maximum Gasteiger partial charge on any atom is 0.255 e. The van der Waals surface area contributed by atoms with Gasteiger partial charge in [0, 0.05) is 44.1 Å². The number of ether oxygens (including phenoxy) is 2. The van der Waals surface area contributed by atoms with E-state index < -0.39 is 0 Å². The van der Waals surface area contributed by atoms with Gasteiger partial charge in [-0.25, -0.2) is 0 Å². The van der Waals surface area contributed by atoms with E-state index in [1.54, 1.807) is 42.7 Å². The summed E-state index contributed by atoms with van der Waals surface area (Å²) < 4.78 is 10.9. The monoisotopic (exact) mass is 577 g/mol. The van der Waals surface area contributed by atoms with E-state index in [1.807, 2.05) is 29.2 Å². The molecule has 0 saturated carbocycles. The molecule has 2 aliphatic rings. The normalized spacial score (nSPS) is 13.7. The van der Waals surface area contributed by atoms with Gasteiger partial charge in [0.05, 0.1) is 16.9 Å². The first-order valence-electron chi connectivity index (χ1n) is 14.7. The number of fused-ring (bicyclic) bond motifs is 1. The Bertz CT molecular complexity index is 1600. The molecule has 0 radical (unpaired) electrons. The summed E-state index contributed by atoms with van der Waals surface area (Å²) in [5, 5.41) is 3.16. The molecule has 0 spiro atoms. The third kappa shape index (κ3) is 6.47. The molecular formula is C34H35N5O4. The smallest absolute Gasteiger partial charge is 0.255 e. The molecule has 2 amide bonds. The minimum Gasteiger partial charge on any atom is -0.454 e. The molecule has 0 bridgehead atoms. The summed E-state index contributed by atoms with van der Waals surface area (Å²) in [6, 6.07) is 23.1. The number of amides is 2. The Kier molecular flexibility index (Phi) is 8.51. The van der Waals surface area contributed by atoms with Crippen molar-refractivity contribution in [2.45, 2.75) is 25.8 Å². The van der Waals surface area contributed by atoms with Crippen molar-refractivity contribution >= 4 is 23.2 Å². The summed E-state index contributed by atoms with van der Waals surface area (Å²) in [5.41, 5.74) is 11.6. The van der Waals surface area contributed by atoms with Gasteiger partial charge in [-0.15, -0.1) is 0 Å². The van der Waals surface area contributed by atoms with Gasteiger partial charge in [0.25, 0.3) is 11.8 Å². The number of nitrogens with one attached hydrogen (secondary N) is 1. The summed E-state index contributed by atoms with van der Waals surface area (Å²) >= 11 is 0. The van der Waals surface area contributed by atoms with Crippen LogP contribution in [0.15, 0.2) is 85.2 Å². The van der Waals surface area contributed by atoms with Crippen molar-refractivity contribution in [2.24, 2.45) is 5.73 Å². The van der Waals surface area contributed by atoms with Gasteiger partial charge in [0.1, 0.15) is 0 Å². The number of nitrogens with zero attached hydrogens (tertiary/aromatic N) is 3. The maximum atomic E-state index is 13.4. The fourth-order valence-corrected chi connectivity index (χ4v) is 5.56. The lowest BCUT2D eigenvalue weighted by Crippen LogP contribution is -2.32. The lowest BCUT2D eigenvalue weighted by atomic mass is 10.0. The average Bonchev–Trinajstić information content (AvgIpc) is 3.76. The van der Waals surface area contributed by atoms with E-state index in [1.165, 1.54) is 0 Å². The van der Waals surface area contributed by atoms with E-state index in [0.717, 1.165) is 54.0 Å². The van der Waals surface area contributed by atoms with E-state index in [9.17, 15) is 9.59 Å². The number of benzene rings is 3. The number of pyridine rings is 1. The van der Waals surface area contributed by atoms with Crippen LogP contribution >= 0.6 is 0 Å². The zero-order chi connectivity index (χ0) is 29.6. The largest absolute Gasteiger partial charge is 0.454 e. The number of aromatic nitrogens is 1. The Morgan fingerprint density at radius 2 is 1.74 bits per heavy atom. The van der Waals surface area contributed by atoms with Gasteiger partial charge in [-0.05, 0) is 91.0 Å². The van der Waals surface area contributed by atoms with Crippen LogP contribution in [-0.4, -0.2) is 54.7 Å². The Morgan fingerprint density at radius 1 is 0.907 bits per heavy atom. The Balaban J connectivity index is 1.27. The predicted octanol–water partition coefficient (Wildman–Crippen LogP) is 5.32. The highest BCUT2D eigenvalue weighted by Crippen LogP contribution is 2.36. The molecule has 4 aromatic rings. The lowest BCUT2D eigenvalue weighted by Gasteiger charge is -2.24. The molecule has 3 N–H and O–H groups in total. The van der Waals surface area contributed by atoms with Crippen molar-refractivity contribution < 1.29 is 19.1 Å². The number of carbonyl (C=O) groups is 2. The van der Waals surface area contributed by atoms with Gasteiger partial charge in [-0.3, -0.25) is 14.6 Å². The quantitative estimate of drug-likeness (QED) is 0.263. The molecule has 6 rings (SSSR count). The highest BCUT2D eigenvalue weighted by Gasteiger charge is 2.21. The molecule has 3 aromatic carbocycles. The van der Waals surface area contributed by atoms with Crippen molar-refractivity contribution in [1.29, 1.82) is 0 Å². The third-order valence-electron chi connectivity index (χ3n) is 7.79. The first kappa shape index (κ1) is 28.2. The van der Waals surface area contributed by atoms with E-state index >= 15 is 0 Å². The first-order chi connectivity index (χ1) is 21.1. The van der Waals surface area contributed by atoms with Crippen LogP contribution in [0.2, 0.25) is 0 Å². The SMILES string of the molecule is NCCCN(Cc1cccc(-c2ccc(N3CCCC3)c(NC(=O)c3ccc4c(c3)OCO4)c2)c1)C(=O)c1cccnc1. The van der Waals surface area contributed by atoms with E-state index in [0.29, 0.717) is 48.7 Å². The molecule has 1 saturated heterocycles. The van der Waals surface area contributed by atoms with Gasteiger partial charge < -0.3 is 30.3 Å². The molecule has 2 aliphatic heterocycles. The van der Waals surface area contributed by atoms with Crippen LogP contribution in [0.25, 0.3) is 11.1 Å². The summed E-state index contributed by atoms with van der Waals surface area (Å²) in [6.07, 6.45) is 6.20. The van der Waals surface area contributed by atoms with Crippen LogP contribution in [-0.2, 0) is 6.54 Å². The number of nitrogens with two attached hydrogens (primary N) is 1. The van der Waals surface area contributed by atoms with Crippen molar-refractivity contribution in [3.63, 3.8) is 0 Å². The van der Waals surface area contributed by atoms with Gasteiger partial charge in [0.15, 0.2) is 11.5 Å². The molecule has 0 aliphatic carbocycles. The minimum atomic E-state index is -0.214. The second-order valence-electron chi connectivity index (χ2n) is 10.8. The van der Waals surface area contributed by atoms with Crippen LogP contribution in [0.5, 0.6) is 11.5 Å². The number of hydrogen-bond acceptors (Lipinski definition) is 7. The summed E-state index contributed by atoms with van der Waals surface area (Å²) in [4.78, 5) is 34.9. The second-order valence-corrected chi connectivity index (χ2v) is 10.8. The first-order valence-corrected chi connectivity index (χ1v) is 14.7. The Labute approximate surface area is 251 Å². The zero-order valence-corrected chi connectivity index (χ0v) is 24.0. The summed E-state index contributed by atoms with van der Waals surface area (Å²) in [5.74, 6) is 0.921. The van der Waals surface area contributed by atoms with E-state index in [-0.39, 0.29) is 18.6 Å². The van der Waals surface area contributed by atoms with Gasteiger partial charge in [-0.2, -0.15) is 0 Å². The lowest BCUT2D eigenvalue weighted by molar-refractivity contribution is 0.0741. The standard InChI is InChI=1S/C34H35N5O4/c35-13-5-17-39(34(41)28-8-4-14-36-21-28)22-24-6-3-7-25(18-24)26-9-11-30(38-15-1-2-16-38)29(19-26)37-33(40)27-10-12-31-32(20-27)43-23-42-31/h3-4,6-12,14,18-21H,1-2,5,13,15-17,22-23,35H2,(H,37,40). The molecule has 0 unspecified atom stereocenters. The molecular weight excluding hydrogens is 542 g/mol. The van der Waals surface area contributed by atoms with E-state index in [2.05, 4.69) is 33.4 Å². The second kappa shape index (κ2) is 13.0. The minimum absolute atomic E-state index is 0.0737. The van der Waals surface area contributed by atoms with Crippen LogP contribution in [0.1, 0.15) is 45.5 Å². The van der Waals surface area contributed by atoms with Crippen molar-refractivity contribution in [2.75, 3.05) is 43.2 Å². The van der Waals surface area contributed by atoms with Crippen molar-refractivity contribution in [1.82, 2.24) is 9.88 Å². The molecule has 43 heavy (non-hydrogen) atoms. The molecule has 220 valence electrons. The Morgan fingerprint density at radius 3 is 2.56 bits per heavy atom.